The van der Waals surface area contributed by atoms with Gasteiger partial charge in [-0.15, -0.1) is 0 Å². The number of furan rings is 1. The third kappa shape index (κ3) is 2.51. The summed E-state index contributed by atoms with van der Waals surface area (Å²) in [5, 5.41) is 0. The van der Waals surface area contributed by atoms with Crippen molar-refractivity contribution in [2.45, 2.75) is 39.2 Å². The fraction of sp³-hybridized carbons (Fsp3) is 0.692. The second-order valence-electron chi connectivity index (χ2n) is 5.20. The van der Waals surface area contributed by atoms with Crippen molar-refractivity contribution in [3.05, 3.63) is 22.6 Å². The lowest BCUT2D eigenvalue weighted by Crippen LogP contribution is -2.29. The topological polar surface area (TPSA) is 39.2 Å². The molecule has 90 valence electrons. The molecule has 1 aromatic rings. The van der Waals surface area contributed by atoms with E-state index in [-0.39, 0.29) is 6.04 Å². The Morgan fingerprint density at radius 1 is 1.31 bits per heavy atom. The van der Waals surface area contributed by atoms with E-state index in [0.717, 1.165) is 22.3 Å². The molecule has 2 nitrogen and oxygen atoms in total. The number of hydrogen-bond donors (Lipinski definition) is 1. The van der Waals surface area contributed by atoms with E-state index in [2.05, 4.69) is 29.8 Å². The van der Waals surface area contributed by atoms with Crippen molar-refractivity contribution in [1.82, 2.24) is 0 Å². The van der Waals surface area contributed by atoms with Gasteiger partial charge >= 0.3 is 0 Å². The van der Waals surface area contributed by atoms with Gasteiger partial charge in [0.2, 0.25) is 0 Å². The van der Waals surface area contributed by atoms with E-state index in [4.69, 9.17) is 10.2 Å². The van der Waals surface area contributed by atoms with Crippen LogP contribution in [-0.4, -0.2) is 0 Å². The molecule has 16 heavy (non-hydrogen) atoms. The maximum atomic E-state index is 6.28. The summed E-state index contributed by atoms with van der Waals surface area (Å²) in [7, 11) is 0. The lowest BCUT2D eigenvalue weighted by molar-refractivity contribution is 0.176. The van der Waals surface area contributed by atoms with E-state index in [1.165, 1.54) is 19.3 Å². The smallest absolute Gasteiger partial charge is 0.169 e. The van der Waals surface area contributed by atoms with Crippen LogP contribution in [-0.2, 0) is 0 Å². The van der Waals surface area contributed by atoms with Gasteiger partial charge in [-0.1, -0.05) is 20.3 Å². The van der Waals surface area contributed by atoms with Crippen LogP contribution in [0.15, 0.2) is 21.2 Å². The molecule has 1 aromatic heterocycles. The van der Waals surface area contributed by atoms with Gasteiger partial charge in [0.15, 0.2) is 4.67 Å². The van der Waals surface area contributed by atoms with Crippen molar-refractivity contribution in [1.29, 1.82) is 0 Å². The number of rotatable bonds is 2. The molecule has 1 aliphatic rings. The highest BCUT2D eigenvalue weighted by Crippen LogP contribution is 2.39. The minimum Gasteiger partial charge on any atom is -0.453 e. The van der Waals surface area contributed by atoms with Crippen LogP contribution in [0.5, 0.6) is 0 Å². The predicted octanol–water partition coefficient (Wildman–Crippen LogP) is 4.11. The zero-order valence-corrected chi connectivity index (χ0v) is 11.5. The van der Waals surface area contributed by atoms with E-state index in [0.29, 0.717) is 5.92 Å². The van der Waals surface area contributed by atoms with Gasteiger partial charge in [-0.3, -0.25) is 0 Å². The minimum absolute atomic E-state index is 0.0567. The molecule has 0 saturated heterocycles. The fourth-order valence-electron chi connectivity index (χ4n) is 2.66. The zero-order chi connectivity index (χ0) is 11.7. The van der Waals surface area contributed by atoms with Crippen LogP contribution in [0.1, 0.15) is 44.9 Å². The molecule has 1 saturated carbocycles. The van der Waals surface area contributed by atoms with Gasteiger partial charge < -0.3 is 10.2 Å². The van der Waals surface area contributed by atoms with E-state index in [9.17, 15) is 0 Å². The van der Waals surface area contributed by atoms with Crippen molar-refractivity contribution >= 4 is 15.9 Å². The second-order valence-corrected chi connectivity index (χ2v) is 5.98. The van der Waals surface area contributed by atoms with Crippen LogP contribution in [0, 0.1) is 17.8 Å². The first-order valence-corrected chi connectivity index (χ1v) is 6.88. The molecule has 3 heteroatoms. The van der Waals surface area contributed by atoms with E-state index in [1.54, 1.807) is 0 Å². The Hall–Kier alpha value is -0.280. The molecular weight excluding hydrogens is 266 g/mol. The van der Waals surface area contributed by atoms with Crippen LogP contribution >= 0.6 is 15.9 Å². The summed E-state index contributed by atoms with van der Waals surface area (Å²) in [6.45, 7) is 4.68. The van der Waals surface area contributed by atoms with Crippen LogP contribution in [0.25, 0.3) is 0 Å². The molecular formula is C13H20BrNO. The van der Waals surface area contributed by atoms with Gasteiger partial charge in [-0.05, 0) is 58.7 Å². The summed E-state index contributed by atoms with van der Waals surface area (Å²) in [5.41, 5.74) is 6.28. The van der Waals surface area contributed by atoms with Crippen molar-refractivity contribution in [2.75, 3.05) is 0 Å². The van der Waals surface area contributed by atoms with Gasteiger partial charge in [-0.25, -0.2) is 0 Å². The van der Waals surface area contributed by atoms with E-state index in [1.807, 2.05) is 12.1 Å². The zero-order valence-electron chi connectivity index (χ0n) is 9.95. The van der Waals surface area contributed by atoms with E-state index >= 15 is 0 Å². The molecule has 2 N–H and O–H groups in total. The summed E-state index contributed by atoms with van der Waals surface area (Å²) in [6.07, 6.45) is 3.74. The number of hydrogen-bond acceptors (Lipinski definition) is 2. The molecule has 1 heterocycles. The molecule has 0 bridgehead atoms. The third-order valence-corrected chi connectivity index (χ3v) is 4.50. The molecule has 0 aromatic carbocycles. The Bertz CT molecular complexity index is 349. The fourth-order valence-corrected chi connectivity index (χ4v) is 2.97. The maximum absolute atomic E-state index is 6.28. The average molecular weight is 286 g/mol. The minimum atomic E-state index is 0.0567. The molecule has 1 aliphatic carbocycles. The monoisotopic (exact) mass is 285 g/mol. The van der Waals surface area contributed by atoms with Crippen LogP contribution < -0.4 is 5.73 Å². The van der Waals surface area contributed by atoms with Gasteiger partial charge in [0.25, 0.3) is 0 Å². The highest BCUT2D eigenvalue weighted by molar-refractivity contribution is 9.10. The average Bonchev–Trinajstić information content (AvgIpc) is 2.68. The molecule has 4 unspecified atom stereocenters. The van der Waals surface area contributed by atoms with Gasteiger partial charge in [0.1, 0.15) is 5.76 Å². The first-order chi connectivity index (χ1) is 7.58. The predicted molar refractivity (Wildman–Crippen MR) is 69.0 cm³/mol. The summed E-state index contributed by atoms with van der Waals surface area (Å²) in [5.74, 6) is 3.11. The van der Waals surface area contributed by atoms with Crippen molar-refractivity contribution in [3.8, 4) is 0 Å². The normalized spacial score (nSPS) is 32.6. The standard InChI is InChI=1S/C13H20BrNO/c1-8-3-4-10(7-9(8)2)13(15)11-5-6-12(14)16-11/h5-6,8-10,13H,3-4,7,15H2,1-2H3. The summed E-state index contributed by atoms with van der Waals surface area (Å²) in [4.78, 5) is 0. The Labute approximate surface area is 106 Å². The first kappa shape index (κ1) is 12.2. The number of nitrogens with two attached hydrogens (primary N) is 1. The molecule has 4 atom stereocenters. The summed E-state index contributed by atoms with van der Waals surface area (Å²) in [6, 6.07) is 3.96. The largest absolute Gasteiger partial charge is 0.453 e. The van der Waals surface area contributed by atoms with Crippen molar-refractivity contribution in [3.63, 3.8) is 0 Å². The van der Waals surface area contributed by atoms with Crippen molar-refractivity contribution < 1.29 is 4.42 Å². The molecule has 2 rings (SSSR count). The van der Waals surface area contributed by atoms with Crippen LogP contribution in [0.4, 0.5) is 0 Å². The Balaban J connectivity index is 2.02. The molecule has 0 amide bonds. The second kappa shape index (κ2) is 4.92. The van der Waals surface area contributed by atoms with Gasteiger partial charge in [0, 0.05) is 0 Å². The molecule has 0 radical (unpaired) electrons. The van der Waals surface area contributed by atoms with E-state index < -0.39 is 0 Å². The molecule has 0 spiro atoms. The highest BCUT2D eigenvalue weighted by Gasteiger charge is 2.30. The Kier molecular flexibility index (Phi) is 3.75. The lowest BCUT2D eigenvalue weighted by atomic mass is 9.73. The Morgan fingerprint density at radius 3 is 2.62 bits per heavy atom. The summed E-state index contributed by atoms with van der Waals surface area (Å²) < 4.78 is 6.33. The number of halogens is 1. The molecule has 0 aliphatic heterocycles. The maximum Gasteiger partial charge on any atom is 0.169 e. The van der Waals surface area contributed by atoms with Crippen molar-refractivity contribution in [2.24, 2.45) is 23.5 Å². The Morgan fingerprint density at radius 2 is 2.06 bits per heavy atom. The van der Waals surface area contributed by atoms with Gasteiger partial charge in [-0.2, -0.15) is 0 Å². The SMILES string of the molecule is CC1CCC(C(N)c2ccc(Br)o2)CC1C. The lowest BCUT2D eigenvalue weighted by Gasteiger charge is -2.34. The highest BCUT2D eigenvalue weighted by atomic mass is 79.9. The third-order valence-electron chi connectivity index (χ3n) is 4.07. The summed E-state index contributed by atoms with van der Waals surface area (Å²) >= 11 is 3.32. The molecule has 1 fully saturated rings. The quantitative estimate of drug-likeness (QED) is 0.888. The van der Waals surface area contributed by atoms with Crippen LogP contribution in [0.2, 0.25) is 0 Å². The van der Waals surface area contributed by atoms with Crippen LogP contribution in [0.3, 0.4) is 0 Å². The van der Waals surface area contributed by atoms with Gasteiger partial charge in [0.05, 0.1) is 6.04 Å². The first-order valence-electron chi connectivity index (χ1n) is 6.08.